The fourth-order valence-electron chi connectivity index (χ4n) is 3.75. The number of primary amides is 1. The Morgan fingerprint density at radius 2 is 1.83 bits per heavy atom. The van der Waals surface area contributed by atoms with E-state index in [0.29, 0.717) is 11.6 Å². The number of amides is 1. The second kappa shape index (κ2) is 8.35. The summed E-state index contributed by atoms with van der Waals surface area (Å²) in [6, 6.07) is 13.8. The van der Waals surface area contributed by atoms with Crippen LogP contribution in [0.4, 0.5) is 4.39 Å². The van der Waals surface area contributed by atoms with E-state index in [9.17, 15) is 9.18 Å². The number of hydrogen-bond donors (Lipinski definition) is 1. The van der Waals surface area contributed by atoms with Gasteiger partial charge in [-0.25, -0.2) is 9.07 Å². The number of nitrogens with zero attached hydrogens (tertiary/aromatic N) is 3. The molecule has 5 nitrogen and oxygen atoms in total. The number of carbonyl (C=O) groups is 1. The summed E-state index contributed by atoms with van der Waals surface area (Å²) in [6.45, 7) is 2.29. The number of piperidine rings is 1. The molecule has 0 unspecified atom stereocenters. The molecule has 29 heavy (non-hydrogen) atoms. The predicted octanol–water partition coefficient (Wildman–Crippen LogP) is 4.03. The second-order valence-electron chi connectivity index (χ2n) is 7.36. The van der Waals surface area contributed by atoms with E-state index in [-0.39, 0.29) is 17.6 Å². The molecule has 0 aliphatic carbocycles. The maximum absolute atomic E-state index is 13.3. The summed E-state index contributed by atoms with van der Waals surface area (Å²) in [4.78, 5) is 13.7. The van der Waals surface area contributed by atoms with E-state index in [0.717, 1.165) is 48.4 Å². The number of aromatic nitrogens is 2. The van der Waals surface area contributed by atoms with Crippen LogP contribution in [-0.4, -0.2) is 33.7 Å². The Balaban J connectivity index is 1.65. The molecule has 150 valence electrons. The third-order valence-electron chi connectivity index (χ3n) is 5.39. The summed E-state index contributed by atoms with van der Waals surface area (Å²) >= 11 is 6.44. The van der Waals surface area contributed by atoms with Gasteiger partial charge in [-0.15, -0.1) is 0 Å². The summed E-state index contributed by atoms with van der Waals surface area (Å²) in [6.07, 6.45) is 3.50. The van der Waals surface area contributed by atoms with Gasteiger partial charge in [0.1, 0.15) is 5.82 Å². The van der Waals surface area contributed by atoms with Crippen LogP contribution >= 0.6 is 11.6 Å². The van der Waals surface area contributed by atoms with E-state index in [1.165, 1.54) is 12.1 Å². The maximum atomic E-state index is 13.3. The molecule has 0 spiro atoms. The van der Waals surface area contributed by atoms with E-state index in [1.807, 2.05) is 30.5 Å². The van der Waals surface area contributed by atoms with E-state index < -0.39 is 0 Å². The van der Waals surface area contributed by atoms with Gasteiger partial charge in [0, 0.05) is 29.8 Å². The van der Waals surface area contributed by atoms with Crippen LogP contribution in [-0.2, 0) is 11.3 Å². The molecule has 7 heteroatoms. The number of nitrogens with two attached hydrogens (primary N) is 1. The molecular formula is C22H22ClFN4O. The summed E-state index contributed by atoms with van der Waals surface area (Å²) < 4.78 is 15.1. The Bertz CT molecular complexity index is 1010. The Hall–Kier alpha value is -2.70. The van der Waals surface area contributed by atoms with Gasteiger partial charge in [0.05, 0.1) is 16.4 Å². The lowest BCUT2D eigenvalue weighted by atomic mass is 9.96. The third-order valence-corrected chi connectivity index (χ3v) is 5.72. The van der Waals surface area contributed by atoms with Crippen LogP contribution in [0.25, 0.3) is 16.9 Å². The minimum atomic E-state index is -0.287. The van der Waals surface area contributed by atoms with Crippen molar-refractivity contribution in [3.8, 4) is 16.9 Å². The smallest absolute Gasteiger partial charge is 0.220 e. The highest BCUT2D eigenvalue weighted by atomic mass is 35.5. The first-order valence-electron chi connectivity index (χ1n) is 9.62. The standard InChI is InChI=1S/C22H22ClFN4O/c23-20-4-2-1-3-19(20)21-16(13-27-11-9-15(10-12-27)22(25)29)14-28(26-21)18-7-5-17(24)6-8-18/h1-8,14-15H,9-13H2,(H2,25,29). The number of carbonyl (C=O) groups excluding carboxylic acids is 1. The molecule has 2 aromatic carbocycles. The summed E-state index contributed by atoms with van der Waals surface area (Å²) in [5, 5.41) is 5.39. The molecule has 4 rings (SSSR count). The third kappa shape index (κ3) is 4.33. The van der Waals surface area contributed by atoms with Gasteiger partial charge >= 0.3 is 0 Å². The zero-order valence-corrected chi connectivity index (χ0v) is 16.6. The summed E-state index contributed by atoms with van der Waals surface area (Å²) in [5.41, 5.74) is 8.91. The van der Waals surface area contributed by atoms with Crippen molar-refractivity contribution in [3.63, 3.8) is 0 Å². The van der Waals surface area contributed by atoms with Gasteiger partial charge in [-0.2, -0.15) is 5.10 Å². The van der Waals surface area contributed by atoms with Crippen LogP contribution in [0.1, 0.15) is 18.4 Å². The quantitative estimate of drug-likeness (QED) is 0.688. The van der Waals surface area contributed by atoms with Crippen LogP contribution in [0.15, 0.2) is 54.7 Å². The molecule has 1 aromatic heterocycles. The monoisotopic (exact) mass is 412 g/mol. The van der Waals surface area contributed by atoms with Gasteiger partial charge in [0.15, 0.2) is 0 Å². The van der Waals surface area contributed by atoms with Crippen LogP contribution in [0.5, 0.6) is 0 Å². The number of likely N-dealkylation sites (tertiary alicyclic amines) is 1. The zero-order chi connectivity index (χ0) is 20.4. The fourth-order valence-corrected chi connectivity index (χ4v) is 3.97. The highest BCUT2D eigenvalue weighted by molar-refractivity contribution is 6.33. The predicted molar refractivity (Wildman–Crippen MR) is 111 cm³/mol. The number of halogens is 2. The van der Waals surface area contributed by atoms with E-state index in [2.05, 4.69) is 4.90 Å². The molecule has 1 aliphatic rings. The number of benzene rings is 2. The SMILES string of the molecule is NC(=O)C1CCN(Cc2cn(-c3ccc(F)cc3)nc2-c2ccccc2Cl)CC1. The normalized spacial score (nSPS) is 15.5. The van der Waals surface area contributed by atoms with E-state index in [1.54, 1.807) is 16.8 Å². The van der Waals surface area contributed by atoms with Gasteiger partial charge < -0.3 is 5.73 Å². The van der Waals surface area contributed by atoms with Gasteiger partial charge in [-0.3, -0.25) is 9.69 Å². The molecule has 3 aromatic rings. The molecule has 1 saturated heterocycles. The van der Waals surface area contributed by atoms with Crippen LogP contribution in [0, 0.1) is 11.7 Å². The largest absolute Gasteiger partial charge is 0.369 e. The molecule has 1 aliphatic heterocycles. The lowest BCUT2D eigenvalue weighted by Gasteiger charge is -2.30. The number of rotatable bonds is 5. The first kappa shape index (κ1) is 19.6. The molecule has 0 bridgehead atoms. The summed E-state index contributed by atoms with van der Waals surface area (Å²) in [5.74, 6) is -0.549. The highest BCUT2D eigenvalue weighted by Gasteiger charge is 2.24. The molecule has 1 fully saturated rings. The highest BCUT2D eigenvalue weighted by Crippen LogP contribution is 2.31. The average molecular weight is 413 g/mol. The van der Waals surface area contributed by atoms with E-state index in [4.69, 9.17) is 22.4 Å². The zero-order valence-electron chi connectivity index (χ0n) is 15.9. The molecule has 2 N–H and O–H groups in total. The first-order valence-corrected chi connectivity index (χ1v) is 10.00. The van der Waals surface area contributed by atoms with Crippen molar-refractivity contribution in [2.24, 2.45) is 11.7 Å². The lowest BCUT2D eigenvalue weighted by Crippen LogP contribution is -2.38. The summed E-state index contributed by atoms with van der Waals surface area (Å²) in [7, 11) is 0. The van der Waals surface area contributed by atoms with Crippen LogP contribution in [0.3, 0.4) is 0 Å². The van der Waals surface area contributed by atoms with Crippen molar-refractivity contribution in [3.05, 3.63) is 71.1 Å². The maximum Gasteiger partial charge on any atom is 0.220 e. The van der Waals surface area contributed by atoms with E-state index >= 15 is 0 Å². The Kier molecular flexibility index (Phi) is 5.65. The van der Waals surface area contributed by atoms with Gasteiger partial charge in [0.2, 0.25) is 5.91 Å². The molecule has 0 radical (unpaired) electrons. The molecule has 0 saturated carbocycles. The first-order chi connectivity index (χ1) is 14.0. The molecular weight excluding hydrogens is 391 g/mol. The molecule has 0 atom stereocenters. The van der Waals surface area contributed by atoms with Crippen LogP contribution < -0.4 is 5.73 Å². The van der Waals surface area contributed by atoms with Gasteiger partial charge in [-0.1, -0.05) is 29.8 Å². The average Bonchev–Trinajstić information content (AvgIpc) is 3.13. The van der Waals surface area contributed by atoms with Crippen molar-refractivity contribution >= 4 is 17.5 Å². The van der Waals surface area contributed by atoms with Crippen molar-refractivity contribution < 1.29 is 9.18 Å². The van der Waals surface area contributed by atoms with Crippen molar-refractivity contribution in [2.45, 2.75) is 19.4 Å². The number of hydrogen-bond acceptors (Lipinski definition) is 3. The lowest BCUT2D eigenvalue weighted by molar-refractivity contribution is -0.123. The molecule has 1 amide bonds. The van der Waals surface area contributed by atoms with Crippen molar-refractivity contribution in [1.29, 1.82) is 0 Å². The van der Waals surface area contributed by atoms with Crippen LogP contribution in [0.2, 0.25) is 5.02 Å². The Morgan fingerprint density at radius 3 is 2.48 bits per heavy atom. The van der Waals surface area contributed by atoms with Gasteiger partial charge in [0.25, 0.3) is 0 Å². The molecule has 2 heterocycles. The van der Waals surface area contributed by atoms with Gasteiger partial charge in [-0.05, 0) is 56.3 Å². The topological polar surface area (TPSA) is 64.2 Å². The second-order valence-corrected chi connectivity index (χ2v) is 7.76. The fraction of sp³-hybridized carbons (Fsp3) is 0.273. The minimum absolute atomic E-state index is 0.0452. The minimum Gasteiger partial charge on any atom is -0.369 e. The Morgan fingerprint density at radius 1 is 1.14 bits per heavy atom. The Labute approximate surface area is 173 Å². The van der Waals surface area contributed by atoms with Crippen molar-refractivity contribution in [2.75, 3.05) is 13.1 Å². The van der Waals surface area contributed by atoms with Crippen molar-refractivity contribution in [1.82, 2.24) is 14.7 Å².